The lowest BCUT2D eigenvalue weighted by Crippen LogP contribution is -2.47. The SMILES string of the molecule is Cc1ccc(CN=c2c(=O)ccc(=NCc3ccc(S(=O)(=O)O)cc3[N+](=O)[O-])c2=O)c([N+](=O)[O-])c1. The van der Waals surface area contributed by atoms with Gasteiger partial charge in [0.2, 0.25) is 10.9 Å². The molecule has 0 bridgehead atoms. The van der Waals surface area contributed by atoms with Gasteiger partial charge in [-0.3, -0.25) is 44.4 Å². The average Bonchev–Trinajstić information content (AvgIpc) is 2.78. The van der Waals surface area contributed by atoms with E-state index in [4.69, 9.17) is 4.55 Å². The lowest BCUT2D eigenvalue weighted by molar-refractivity contribution is -0.385. The van der Waals surface area contributed by atoms with Gasteiger partial charge >= 0.3 is 0 Å². The number of nitrogens with zero attached hydrogens (tertiary/aromatic N) is 4. The number of hydrogen-bond acceptors (Lipinski definition) is 10. The van der Waals surface area contributed by atoms with E-state index in [0.29, 0.717) is 11.6 Å². The Balaban J connectivity index is 2.04. The maximum absolute atomic E-state index is 12.7. The van der Waals surface area contributed by atoms with E-state index in [-0.39, 0.29) is 28.7 Å². The van der Waals surface area contributed by atoms with Crippen LogP contribution in [0.4, 0.5) is 11.4 Å². The van der Waals surface area contributed by atoms with Crippen LogP contribution in [0.1, 0.15) is 16.7 Å². The highest BCUT2D eigenvalue weighted by Crippen LogP contribution is 2.23. The third kappa shape index (κ3) is 5.74. The van der Waals surface area contributed by atoms with E-state index in [1.165, 1.54) is 12.1 Å². The second-order valence-electron chi connectivity index (χ2n) is 7.30. The Hall–Kier alpha value is -4.43. The molecule has 0 aromatic heterocycles. The summed E-state index contributed by atoms with van der Waals surface area (Å²) in [6.07, 6.45) is 0. The summed E-state index contributed by atoms with van der Waals surface area (Å²) in [5, 5.41) is 21.8. The molecule has 1 N–H and O–H groups in total. The molecule has 3 rings (SSSR count). The van der Waals surface area contributed by atoms with Crippen molar-refractivity contribution in [1.82, 2.24) is 0 Å². The molecule has 3 aromatic carbocycles. The van der Waals surface area contributed by atoms with Gasteiger partial charge in [0.25, 0.3) is 21.5 Å². The molecule has 0 fully saturated rings. The zero-order valence-corrected chi connectivity index (χ0v) is 18.8. The van der Waals surface area contributed by atoms with Crippen molar-refractivity contribution in [2.45, 2.75) is 24.9 Å². The van der Waals surface area contributed by atoms with Crippen molar-refractivity contribution in [3.8, 4) is 0 Å². The Morgan fingerprint density at radius 1 is 0.857 bits per heavy atom. The van der Waals surface area contributed by atoms with E-state index in [9.17, 15) is 38.2 Å². The molecule has 0 atom stereocenters. The molecule has 0 amide bonds. The Morgan fingerprint density at radius 2 is 1.43 bits per heavy atom. The summed E-state index contributed by atoms with van der Waals surface area (Å²) in [7, 11) is -4.67. The van der Waals surface area contributed by atoms with Gasteiger partial charge < -0.3 is 0 Å². The molecule has 0 heterocycles. The highest BCUT2D eigenvalue weighted by atomic mass is 32.2. The van der Waals surface area contributed by atoms with Crippen molar-refractivity contribution in [1.29, 1.82) is 0 Å². The van der Waals surface area contributed by atoms with Crippen LogP contribution in [0.3, 0.4) is 0 Å². The molecule has 0 spiro atoms. The molecule has 180 valence electrons. The highest BCUT2D eigenvalue weighted by Gasteiger charge is 2.19. The van der Waals surface area contributed by atoms with E-state index < -0.39 is 53.3 Å². The van der Waals surface area contributed by atoms with E-state index in [2.05, 4.69) is 9.98 Å². The fourth-order valence-electron chi connectivity index (χ4n) is 3.14. The van der Waals surface area contributed by atoms with Crippen LogP contribution >= 0.6 is 0 Å². The summed E-state index contributed by atoms with van der Waals surface area (Å²) in [5.41, 5.74) is -1.67. The topological polar surface area (TPSA) is 200 Å². The summed E-state index contributed by atoms with van der Waals surface area (Å²) < 4.78 is 31.6. The number of nitro groups is 2. The predicted molar refractivity (Wildman–Crippen MR) is 121 cm³/mol. The molecule has 0 aliphatic carbocycles. The minimum absolute atomic E-state index is 0.0539. The Bertz CT molecular complexity index is 1690. The number of hydrogen-bond donors (Lipinski definition) is 1. The summed E-state index contributed by atoms with van der Waals surface area (Å²) >= 11 is 0. The third-order valence-electron chi connectivity index (χ3n) is 4.89. The van der Waals surface area contributed by atoms with Crippen molar-refractivity contribution in [2.24, 2.45) is 9.98 Å². The fourth-order valence-corrected chi connectivity index (χ4v) is 3.64. The van der Waals surface area contributed by atoms with Crippen LogP contribution in [0.5, 0.6) is 0 Å². The van der Waals surface area contributed by atoms with Gasteiger partial charge in [0, 0.05) is 12.1 Å². The van der Waals surface area contributed by atoms with Crippen molar-refractivity contribution in [3.05, 3.63) is 117 Å². The van der Waals surface area contributed by atoms with Crippen LogP contribution in [-0.2, 0) is 23.2 Å². The molecule has 0 radical (unpaired) electrons. The van der Waals surface area contributed by atoms with Gasteiger partial charge in [-0.15, -0.1) is 0 Å². The van der Waals surface area contributed by atoms with Gasteiger partial charge in [-0.25, -0.2) is 0 Å². The number of nitro benzene ring substituents is 2. The first-order valence-corrected chi connectivity index (χ1v) is 11.2. The average molecular weight is 500 g/mol. The van der Waals surface area contributed by atoms with E-state index in [1.807, 2.05) is 0 Å². The smallest absolute Gasteiger partial charge is 0.287 e. The monoisotopic (exact) mass is 500 g/mol. The zero-order chi connectivity index (χ0) is 25.9. The van der Waals surface area contributed by atoms with Crippen LogP contribution < -0.4 is 21.6 Å². The standard InChI is InChI=1S/C21H16N4O9S/c1-12-2-3-13(17(8-12)24(28)29)11-23-20-19(26)7-6-16(21(20)27)22-10-14-4-5-15(35(32,33)34)9-18(14)25(30)31/h2-9H,10-11H2,1H3,(H,32,33,34). The second-order valence-corrected chi connectivity index (χ2v) is 8.73. The van der Waals surface area contributed by atoms with Crippen molar-refractivity contribution in [3.63, 3.8) is 0 Å². The fraction of sp³-hybridized carbons (Fsp3) is 0.143. The Kier molecular flexibility index (Phi) is 7.07. The first-order chi connectivity index (χ1) is 16.4. The van der Waals surface area contributed by atoms with E-state index in [1.54, 1.807) is 13.0 Å². The van der Waals surface area contributed by atoms with E-state index >= 15 is 0 Å². The maximum atomic E-state index is 12.7. The first kappa shape index (κ1) is 25.2. The molecule has 3 aromatic rings. The largest absolute Gasteiger partial charge is 0.294 e. The van der Waals surface area contributed by atoms with Crippen LogP contribution in [-0.4, -0.2) is 22.8 Å². The molecule has 35 heavy (non-hydrogen) atoms. The summed E-state index contributed by atoms with van der Waals surface area (Å²) in [5.74, 6) is 0. The van der Waals surface area contributed by atoms with E-state index in [0.717, 1.165) is 24.3 Å². The molecule has 14 heteroatoms. The zero-order valence-electron chi connectivity index (χ0n) is 17.9. The summed E-state index contributed by atoms with van der Waals surface area (Å²) in [6.45, 7) is 0.941. The number of benzene rings is 3. The molecular formula is C21H16N4O9S. The van der Waals surface area contributed by atoms with Gasteiger partial charge in [0.15, 0.2) is 5.36 Å². The minimum atomic E-state index is -4.67. The number of aryl methyl sites for hydroxylation is 1. The molecule has 13 nitrogen and oxygen atoms in total. The van der Waals surface area contributed by atoms with Crippen LogP contribution in [0.2, 0.25) is 0 Å². The van der Waals surface area contributed by atoms with Gasteiger partial charge in [-0.05, 0) is 36.8 Å². The minimum Gasteiger partial charge on any atom is -0.287 e. The molecular weight excluding hydrogens is 484 g/mol. The van der Waals surface area contributed by atoms with Crippen molar-refractivity contribution in [2.75, 3.05) is 0 Å². The molecule has 0 saturated heterocycles. The van der Waals surface area contributed by atoms with Crippen LogP contribution in [0.15, 0.2) is 73.0 Å². The molecule has 0 saturated carbocycles. The lowest BCUT2D eigenvalue weighted by Gasteiger charge is -2.02. The van der Waals surface area contributed by atoms with Crippen LogP contribution in [0, 0.1) is 27.2 Å². The van der Waals surface area contributed by atoms with Gasteiger partial charge in [-0.2, -0.15) is 8.42 Å². The number of rotatable bonds is 7. The highest BCUT2D eigenvalue weighted by molar-refractivity contribution is 7.85. The quantitative estimate of drug-likeness (QED) is 0.277. The first-order valence-electron chi connectivity index (χ1n) is 9.73. The van der Waals surface area contributed by atoms with Crippen LogP contribution in [0.25, 0.3) is 0 Å². The van der Waals surface area contributed by atoms with Gasteiger partial charge in [0.05, 0.1) is 34.1 Å². The molecule has 0 aliphatic rings. The third-order valence-corrected chi connectivity index (χ3v) is 5.74. The molecule has 0 aliphatic heterocycles. The normalized spacial score (nSPS) is 12.6. The van der Waals surface area contributed by atoms with Gasteiger partial charge in [0.1, 0.15) is 10.3 Å². The van der Waals surface area contributed by atoms with Crippen molar-refractivity contribution < 1.29 is 22.8 Å². The predicted octanol–water partition coefficient (Wildman–Crippen LogP) is 0.856. The summed E-state index contributed by atoms with van der Waals surface area (Å²) in [6, 6.07) is 9.24. The Labute approximate surface area is 196 Å². The Morgan fingerprint density at radius 3 is 2.03 bits per heavy atom. The second kappa shape index (κ2) is 9.82. The van der Waals surface area contributed by atoms with Gasteiger partial charge in [-0.1, -0.05) is 12.1 Å². The van der Waals surface area contributed by atoms with Crippen molar-refractivity contribution >= 4 is 21.5 Å². The summed E-state index contributed by atoms with van der Waals surface area (Å²) in [4.78, 5) is 53.3. The lowest BCUT2D eigenvalue weighted by atomic mass is 10.1. The molecule has 0 unspecified atom stereocenters. The maximum Gasteiger partial charge on any atom is 0.294 e.